The second kappa shape index (κ2) is 10.0. The zero-order valence-electron chi connectivity index (χ0n) is 14.7. The molecule has 0 unspecified atom stereocenters. The number of carbonyl (C=O) groups excluding carboxylic acids is 2. The van der Waals surface area contributed by atoms with Crippen molar-refractivity contribution in [3.05, 3.63) is 24.3 Å². The molecule has 0 saturated carbocycles. The fourth-order valence-electron chi connectivity index (χ4n) is 2.20. The largest absolute Gasteiger partial charge is 0.497 e. The molecule has 0 fully saturated rings. The van der Waals surface area contributed by atoms with Gasteiger partial charge in [0, 0.05) is 0 Å². The highest BCUT2D eigenvalue weighted by molar-refractivity contribution is 7.91. The summed E-state index contributed by atoms with van der Waals surface area (Å²) in [4.78, 5) is 23.9. The van der Waals surface area contributed by atoms with Gasteiger partial charge < -0.3 is 14.2 Å². The minimum atomic E-state index is -3.52. The van der Waals surface area contributed by atoms with Crippen molar-refractivity contribution in [2.45, 2.75) is 31.6 Å². The van der Waals surface area contributed by atoms with Gasteiger partial charge >= 0.3 is 11.9 Å². The fraction of sp³-hybridized carbons (Fsp3) is 0.529. The van der Waals surface area contributed by atoms with Crippen LogP contribution in [0.5, 0.6) is 5.75 Å². The Morgan fingerprint density at radius 2 is 1.52 bits per heavy atom. The predicted octanol–water partition coefficient (Wildman–Crippen LogP) is 1.99. The number of sulfone groups is 1. The van der Waals surface area contributed by atoms with Crippen LogP contribution in [0.25, 0.3) is 0 Å². The lowest BCUT2D eigenvalue weighted by Gasteiger charge is -2.14. The van der Waals surface area contributed by atoms with Gasteiger partial charge in [0.1, 0.15) is 5.75 Å². The van der Waals surface area contributed by atoms with Gasteiger partial charge in [0.05, 0.1) is 31.0 Å². The first-order valence-corrected chi connectivity index (χ1v) is 9.71. The molecule has 0 N–H and O–H groups in total. The van der Waals surface area contributed by atoms with Crippen LogP contribution in [0.3, 0.4) is 0 Å². The Kier molecular flexibility index (Phi) is 8.40. The topological polar surface area (TPSA) is 96.0 Å². The van der Waals surface area contributed by atoms with Gasteiger partial charge in [0.25, 0.3) is 0 Å². The van der Waals surface area contributed by atoms with E-state index in [0.717, 1.165) is 0 Å². The third-order valence-corrected chi connectivity index (χ3v) is 5.28. The van der Waals surface area contributed by atoms with Gasteiger partial charge in [0.15, 0.2) is 15.8 Å². The molecule has 0 bridgehead atoms. The molecule has 0 aromatic heterocycles. The van der Waals surface area contributed by atoms with Gasteiger partial charge in [-0.05, 0) is 51.0 Å². The molecule has 0 heterocycles. The summed E-state index contributed by atoms with van der Waals surface area (Å²) in [6.07, 6.45) is 0.184. The molecule has 0 aliphatic carbocycles. The molecule has 0 aliphatic rings. The van der Waals surface area contributed by atoms with E-state index >= 15 is 0 Å². The Bertz CT molecular complexity index is 647. The number of carbonyl (C=O) groups is 2. The lowest BCUT2D eigenvalue weighted by atomic mass is 10.0. The molecule has 7 nitrogen and oxygen atoms in total. The van der Waals surface area contributed by atoms with Crippen LogP contribution in [-0.4, -0.2) is 46.4 Å². The van der Waals surface area contributed by atoms with Gasteiger partial charge in [-0.25, -0.2) is 8.42 Å². The minimum absolute atomic E-state index is 0.0487. The average Bonchev–Trinajstić information content (AvgIpc) is 2.59. The number of hydrogen-bond donors (Lipinski definition) is 0. The van der Waals surface area contributed by atoms with Crippen LogP contribution in [-0.2, 0) is 28.9 Å². The van der Waals surface area contributed by atoms with E-state index in [4.69, 9.17) is 14.2 Å². The van der Waals surface area contributed by atoms with Crippen LogP contribution in [0.15, 0.2) is 29.2 Å². The lowest BCUT2D eigenvalue weighted by Crippen LogP contribution is -2.28. The third-order valence-electron chi connectivity index (χ3n) is 3.47. The van der Waals surface area contributed by atoms with E-state index in [1.165, 1.54) is 19.2 Å². The summed E-state index contributed by atoms with van der Waals surface area (Å²) in [5, 5.41) is 0. The summed E-state index contributed by atoms with van der Waals surface area (Å²) in [6, 6.07) is 6.05. The SMILES string of the molecule is CCOC(=O)C(CCCS(=O)(=O)c1ccc(OC)cc1)C(=O)OCC. The van der Waals surface area contributed by atoms with E-state index in [1.54, 1.807) is 26.0 Å². The molecule has 0 aliphatic heterocycles. The zero-order valence-corrected chi connectivity index (χ0v) is 15.5. The highest BCUT2D eigenvalue weighted by Gasteiger charge is 2.29. The highest BCUT2D eigenvalue weighted by atomic mass is 32.2. The maximum Gasteiger partial charge on any atom is 0.320 e. The fourth-order valence-corrected chi connectivity index (χ4v) is 3.53. The maximum atomic E-state index is 12.3. The molecular weight excluding hydrogens is 348 g/mol. The molecule has 0 atom stereocenters. The first-order chi connectivity index (χ1) is 11.9. The van der Waals surface area contributed by atoms with Crippen LogP contribution in [0.2, 0.25) is 0 Å². The van der Waals surface area contributed by atoms with Crippen LogP contribution in [0.1, 0.15) is 26.7 Å². The molecule has 0 amide bonds. The van der Waals surface area contributed by atoms with Crippen LogP contribution < -0.4 is 4.74 Å². The van der Waals surface area contributed by atoms with Crippen molar-refractivity contribution >= 4 is 21.8 Å². The normalized spacial score (nSPS) is 11.2. The monoisotopic (exact) mass is 372 g/mol. The van der Waals surface area contributed by atoms with Crippen molar-refractivity contribution in [1.82, 2.24) is 0 Å². The number of esters is 2. The van der Waals surface area contributed by atoms with E-state index < -0.39 is 27.7 Å². The first kappa shape index (κ1) is 21.0. The van der Waals surface area contributed by atoms with Gasteiger partial charge in [-0.2, -0.15) is 0 Å². The van der Waals surface area contributed by atoms with E-state index in [1.807, 2.05) is 0 Å². The third kappa shape index (κ3) is 6.38. The summed E-state index contributed by atoms with van der Waals surface area (Å²) in [6.45, 7) is 3.54. The van der Waals surface area contributed by atoms with E-state index in [0.29, 0.717) is 5.75 Å². The van der Waals surface area contributed by atoms with Crippen molar-refractivity contribution in [2.75, 3.05) is 26.1 Å². The average molecular weight is 372 g/mol. The second-order valence-electron chi connectivity index (χ2n) is 5.19. The van der Waals surface area contributed by atoms with Crippen molar-refractivity contribution in [1.29, 1.82) is 0 Å². The number of benzene rings is 1. The van der Waals surface area contributed by atoms with Crippen molar-refractivity contribution in [3.8, 4) is 5.75 Å². The predicted molar refractivity (Wildman–Crippen MR) is 91.0 cm³/mol. The van der Waals surface area contributed by atoms with Crippen LogP contribution in [0.4, 0.5) is 0 Å². The Balaban J connectivity index is 2.72. The Hall–Kier alpha value is -2.09. The molecule has 0 radical (unpaired) electrons. The van der Waals surface area contributed by atoms with Gasteiger partial charge in [-0.1, -0.05) is 0 Å². The zero-order chi connectivity index (χ0) is 18.9. The lowest BCUT2D eigenvalue weighted by molar-refractivity contribution is -0.161. The van der Waals surface area contributed by atoms with Crippen molar-refractivity contribution in [2.24, 2.45) is 5.92 Å². The highest BCUT2D eigenvalue weighted by Crippen LogP contribution is 2.19. The Morgan fingerprint density at radius 3 is 1.96 bits per heavy atom. The van der Waals surface area contributed by atoms with Crippen molar-refractivity contribution < 1.29 is 32.2 Å². The van der Waals surface area contributed by atoms with Gasteiger partial charge in [-0.3, -0.25) is 9.59 Å². The number of hydrogen-bond acceptors (Lipinski definition) is 7. The Morgan fingerprint density at radius 1 is 1.00 bits per heavy atom. The smallest absolute Gasteiger partial charge is 0.320 e. The van der Waals surface area contributed by atoms with Crippen LogP contribution in [0, 0.1) is 5.92 Å². The molecule has 0 saturated heterocycles. The molecule has 25 heavy (non-hydrogen) atoms. The van der Waals surface area contributed by atoms with Crippen molar-refractivity contribution in [3.63, 3.8) is 0 Å². The Labute approximate surface area is 148 Å². The number of methoxy groups -OCH3 is 1. The van der Waals surface area contributed by atoms with Gasteiger partial charge in [-0.15, -0.1) is 0 Å². The number of ether oxygens (including phenoxy) is 3. The molecule has 1 aromatic carbocycles. The second-order valence-corrected chi connectivity index (χ2v) is 7.30. The van der Waals surface area contributed by atoms with Gasteiger partial charge in [0.2, 0.25) is 0 Å². The molecule has 1 rings (SSSR count). The first-order valence-electron chi connectivity index (χ1n) is 8.05. The number of rotatable bonds is 10. The summed E-state index contributed by atoms with van der Waals surface area (Å²) in [7, 11) is -2.02. The van der Waals surface area contributed by atoms with E-state index in [-0.39, 0.29) is 36.7 Å². The quantitative estimate of drug-likeness (QED) is 0.458. The summed E-state index contributed by atoms with van der Waals surface area (Å²) in [5.41, 5.74) is 0. The maximum absolute atomic E-state index is 12.3. The molecular formula is C17H24O7S. The summed E-state index contributed by atoms with van der Waals surface area (Å²) >= 11 is 0. The van der Waals surface area contributed by atoms with E-state index in [9.17, 15) is 18.0 Å². The molecule has 140 valence electrons. The minimum Gasteiger partial charge on any atom is -0.497 e. The summed E-state index contributed by atoms with van der Waals surface area (Å²) < 4.78 is 39.4. The molecule has 8 heteroatoms. The summed E-state index contributed by atoms with van der Waals surface area (Å²) in [5.74, 6) is -2.12. The van der Waals surface area contributed by atoms with Crippen LogP contribution >= 0.6 is 0 Å². The van der Waals surface area contributed by atoms with E-state index in [2.05, 4.69) is 0 Å². The molecule has 1 aromatic rings. The molecule has 0 spiro atoms. The standard InChI is InChI=1S/C17H24O7S/c1-4-23-16(18)15(17(19)24-5-2)7-6-12-25(20,21)14-10-8-13(22-3)9-11-14/h8-11,15H,4-7,12H2,1-3H3.